The molecule has 2 aromatic carbocycles. The number of piperazine rings is 1. The molecule has 0 aromatic heterocycles. The molecule has 0 amide bonds. The van der Waals surface area contributed by atoms with E-state index in [2.05, 4.69) is 0 Å². The lowest BCUT2D eigenvalue weighted by Crippen LogP contribution is -2.54. The molecule has 1 aliphatic rings. The molecule has 3 rings (SSSR count). The highest BCUT2D eigenvalue weighted by Gasteiger charge is 2.32. The Morgan fingerprint density at radius 3 is 2.59 bits per heavy atom. The molecule has 1 saturated heterocycles. The van der Waals surface area contributed by atoms with Crippen LogP contribution < -0.4 is 9.64 Å². The van der Waals surface area contributed by atoms with Gasteiger partial charge in [0, 0.05) is 30.7 Å². The third-order valence-corrected chi connectivity index (χ3v) is 6.81. The van der Waals surface area contributed by atoms with E-state index in [-0.39, 0.29) is 11.8 Å². The minimum Gasteiger partial charge on any atom is -0.480 e. The number of aliphatic carboxylic acids is 1. The van der Waals surface area contributed by atoms with E-state index in [4.69, 9.17) is 21.4 Å². The number of rotatable bonds is 7. The number of hydrogen-bond acceptors (Lipinski definition) is 5. The topological polar surface area (TPSA) is 87.2 Å². The third kappa shape index (κ3) is 5.41. The van der Waals surface area contributed by atoms with Crippen molar-refractivity contribution in [1.82, 2.24) is 4.31 Å². The summed E-state index contributed by atoms with van der Waals surface area (Å²) in [6.07, 6.45) is 0. The van der Waals surface area contributed by atoms with Crippen molar-refractivity contribution in [2.45, 2.75) is 18.7 Å². The molecule has 0 unspecified atom stereocenters. The van der Waals surface area contributed by atoms with E-state index < -0.39 is 22.6 Å². The van der Waals surface area contributed by atoms with Gasteiger partial charge in [0.15, 0.2) is 6.61 Å². The second kappa shape index (κ2) is 9.02. The third-order valence-electron chi connectivity index (χ3n) is 4.76. The first-order chi connectivity index (χ1) is 13.8. The number of carbonyl (C=O) groups is 1. The summed E-state index contributed by atoms with van der Waals surface area (Å²) >= 11 is 6.13. The molecule has 0 radical (unpaired) electrons. The van der Waals surface area contributed by atoms with Crippen LogP contribution in [0, 0.1) is 0 Å². The zero-order valence-corrected chi connectivity index (χ0v) is 17.6. The standard InChI is InChI=1S/C20H23ClN2O5S/c1-15-12-22(29(26,27)14-16-5-3-2-4-6-16)9-10-23(15)18-11-17(21)7-8-19(18)28-13-20(24)25/h2-8,11,15H,9-10,12-14H2,1H3,(H,24,25)/t15-/m1/s1. The first-order valence-corrected chi connectivity index (χ1v) is 11.2. The highest BCUT2D eigenvalue weighted by atomic mass is 35.5. The summed E-state index contributed by atoms with van der Waals surface area (Å²) in [4.78, 5) is 12.9. The zero-order chi connectivity index (χ0) is 21.0. The summed E-state index contributed by atoms with van der Waals surface area (Å²) in [7, 11) is -3.44. The molecule has 9 heteroatoms. The Morgan fingerprint density at radius 1 is 1.21 bits per heavy atom. The average Bonchev–Trinajstić information content (AvgIpc) is 2.67. The van der Waals surface area contributed by atoms with Crippen LogP contribution >= 0.6 is 11.6 Å². The lowest BCUT2D eigenvalue weighted by atomic mass is 10.1. The second-order valence-electron chi connectivity index (χ2n) is 6.94. The van der Waals surface area contributed by atoms with Crippen molar-refractivity contribution in [3.05, 3.63) is 59.1 Å². The number of anilines is 1. The first kappa shape index (κ1) is 21.4. The van der Waals surface area contributed by atoms with Crippen LogP contribution in [0.25, 0.3) is 0 Å². The SMILES string of the molecule is C[C@@H]1CN(S(=O)(=O)Cc2ccccc2)CCN1c1cc(Cl)ccc1OCC(=O)O. The number of ether oxygens (including phenoxy) is 1. The summed E-state index contributed by atoms with van der Waals surface area (Å²) in [5, 5.41) is 9.38. The van der Waals surface area contributed by atoms with Gasteiger partial charge < -0.3 is 14.7 Å². The molecule has 1 heterocycles. The molecule has 29 heavy (non-hydrogen) atoms. The van der Waals surface area contributed by atoms with Crippen LogP contribution in [-0.2, 0) is 20.6 Å². The number of carboxylic acid groups (broad SMARTS) is 1. The Labute approximate surface area is 175 Å². The zero-order valence-electron chi connectivity index (χ0n) is 16.0. The molecular weight excluding hydrogens is 416 g/mol. The molecule has 2 aromatic rings. The van der Waals surface area contributed by atoms with Gasteiger partial charge in [-0.1, -0.05) is 41.9 Å². The molecule has 0 spiro atoms. The molecule has 7 nitrogen and oxygen atoms in total. The number of benzene rings is 2. The molecule has 0 saturated carbocycles. The predicted molar refractivity (Wildman–Crippen MR) is 112 cm³/mol. The van der Waals surface area contributed by atoms with Crippen molar-refractivity contribution in [2.24, 2.45) is 0 Å². The lowest BCUT2D eigenvalue weighted by molar-refractivity contribution is -0.139. The van der Waals surface area contributed by atoms with Gasteiger partial charge >= 0.3 is 5.97 Å². The van der Waals surface area contributed by atoms with Crippen LogP contribution in [0.5, 0.6) is 5.75 Å². The molecule has 1 aliphatic heterocycles. The largest absolute Gasteiger partial charge is 0.480 e. The smallest absolute Gasteiger partial charge is 0.341 e. The quantitative estimate of drug-likeness (QED) is 0.715. The van der Waals surface area contributed by atoms with Crippen molar-refractivity contribution in [3.8, 4) is 5.75 Å². The Kier molecular flexibility index (Phi) is 6.66. The molecule has 1 N–H and O–H groups in total. The number of sulfonamides is 1. The normalized spacial score (nSPS) is 17.9. The molecule has 0 bridgehead atoms. The first-order valence-electron chi connectivity index (χ1n) is 9.19. The average molecular weight is 439 g/mol. The summed E-state index contributed by atoms with van der Waals surface area (Å²) in [6, 6.07) is 13.9. The van der Waals surface area contributed by atoms with E-state index in [1.54, 1.807) is 30.3 Å². The van der Waals surface area contributed by atoms with Gasteiger partial charge in [-0.2, -0.15) is 4.31 Å². The minimum atomic E-state index is -3.44. The fraction of sp³-hybridized carbons (Fsp3) is 0.350. The van der Waals surface area contributed by atoms with Crippen molar-refractivity contribution >= 4 is 33.3 Å². The van der Waals surface area contributed by atoms with E-state index in [1.165, 1.54) is 4.31 Å². The maximum absolute atomic E-state index is 12.8. The molecule has 0 aliphatic carbocycles. The van der Waals surface area contributed by atoms with Gasteiger partial charge in [0.25, 0.3) is 0 Å². The second-order valence-corrected chi connectivity index (χ2v) is 9.34. The lowest BCUT2D eigenvalue weighted by Gasteiger charge is -2.41. The summed E-state index contributed by atoms with van der Waals surface area (Å²) in [6.45, 7) is 2.55. The summed E-state index contributed by atoms with van der Waals surface area (Å²) < 4.78 is 32.6. The van der Waals surface area contributed by atoms with E-state index in [0.29, 0.717) is 36.1 Å². The van der Waals surface area contributed by atoms with E-state index in [0.717, 1.165) is 5.56 Å². The number of hydrogen-bond donors (Lipinski definition) is 1. The highest BCUT2D eigenvalue weighted by molar-refractivity contribution is 7.88. The van der Waals surface area contributed by atoms with Gasteiger partial charge in [-0.3, -0.25) is 0 Å². The summed E-state index contributed by atoms with van der Waals surface area (Å²) in [5.41, 5.74) is 1.41. The Balaban J connectivity index is 1.75. The van der Waals surface area contributed by atoms with Crippen LogP contribution in [0.3, 0.4) is 0 Å². The van der Waals surface area contributed by atoms with Crippen LogP contribution in [-0.4, -0.2) is 56.1 Å². The molecule has 156 valence electrons. The van der Waals surface area contributed by atoms with Crippen molar-refractivity contribution in [1.29, 1.82) is 0 Å². The number of nitrogens with zero attached hydrogens (tertiary/aromatic N) is 2. The molecule has 1 fully saturated rings. The molecular formula is C20H23ClN2O5S. The Morgan fingerprint density at radius 2 is 1.93 bits per heavy atom. The van der Waals surface area contributed by atoms with Crippen LogP contribution in [0.4, 0.5) is 5.69 Å². The van der Waals surface area contributed by atoms with Crippen molar-refractivity contribution in [3.63, 3.8) is 0 Å². The minimum absolute atomic E-state index is 0.0370. The number of halogens is 1. The van der Waals surface area contributed by atoms with Gasteiger partial charge in [0.2, 0.25) is 10.0 Å². The van der Waals surface area contributed by atoms with E-state index in [1.807, 2.05) is 30.0 Å². The fourth-order valence-electron chi connectivity index (χ4n) is 3.39. The van der Waals surface area contributed by atoms with Crippen LogP contribution in [0.2, 0.25) is 5.02 Å². The maximum Gasteiger partial charge on any atom is 0.341 e. The van der Waals surface area contributed by atoms with Gasteiger partial charge in [-0.05, 0) is 30.7 Å². The van der Waals surface area contributed by atoms with Gasteiger partial charge in [0.1, 0.15) is 5.75 Å². The maximum atomic E-state index is 12.8. The summed E-state index contributed by atoms with van der Waals surface area (Å²) in [5.74, 6) is -0.704. The van der Waals surface area contributed by atoms with Crippen LogP contribution in [0.1, 0.15) is 12.5 Å². The Hall–Kier alpha value is -2.29. The fourth-order valence-corrected chi connectivity index (χ4v) is 5.15. The van der Waals surface area contributed by atoms with Crippen molar-refractivity contribution < 1.29 is 23.1 Å². The van der Waals surface area contributed by atoms with Gasteiger partial charge in [-0.25, -0.2) is 13.2 Å². The van der Waals surface area contributed by atoms with Crippen LogP contribution in [0.15, 0.2) is 48.5 Å². The van der Waals surface area contributed by atoms with Crippen molar-refractivity contribution in [2.75, 3.05) is 31.1 Å². The molecule has 1 atom stereocenters. The highest BCUT2D eigenvalue weighted by Crippen LogP contribution is 2.34. The predicted octanol–water partition coefficient (Wildman–Crippen LogP) is 2.84. The van der Waals surface area contributed by atoms with Gasteiger partial charge in [0.05, 0.1) is 11.4 Å². The van der Waals surface area contributed by atoms with Gasteiger partial charge in [-0.15, -0.1) is 0 Å². The number of carboxylic acids is 1. The Bertz CT molecular complexity index is 968. The monoisotopic (exact) mass is 438 g/mol. The van der Waals surface area contributed by atoms with E-state index >= 15 is 0 Å². The van der Waals surface area contributed by atoms with E-state index in [9.17, 15) is 13.2 Å².